The molecule has 1 aliphatic carbocycles. The molecular formula is C20H23N5O3. The molecule has 0 spiro atoms. The number of rotatable bonds is 4. The van der Waals surface area contributed by atoms with E-state index in [4.69, 9.17) is 14.0 Å². The van der Waals surface area contributed by atoms with E-state index in [2.05, 4.69) is 20.5 Å². The zero-order chi connectivity index (χ0) is 18.9. The number of nitrogens with zero attached hydrogens (tertiary/aromatic N) is 5. The normalized spacial score (nSPS) is 20.1. The van der Waals surface area contributed by atoms with Crippen molar-refractivity contribution >= 4 is 0 Å². The number of aryl methyl sites for hydroxylation is 2. The van der Waals surface area contributed by atoms with E-state index in [1.807, 2.05) is 36.0 Å². The van der Waals surface area contributed by atoms with Gasteiger partial charge in [0.25, 0.3) is 0 Å². The van der Waals surface area contributed by atoms with Crippen LogP contribution in [0.4, 0.5) is 0 Å². The van der Waals surface area contributed by atoms with Crippen molar-refractivity contribution in [3.8, 4) is 17.1 Å². The lowest BCUT2D eigenvalue weighted by Gasteiger charge is -2.23. The second-order valence-corrected chi connectivity index (χ2v) is 7.46. The fourth-order valence-corrected chi connectivity index (χ4v) is 3.91. The lowest BCUT2D eigenvalue weighted by molar-refractivity contribution is 0.0256. The lowest BCUT2D eigenvalue weighted by Crippen LogP contribution is -2.25. The molecule has 8 nitrogen and oxygen atoms in total. The van der Waals surface area contributed by atoms with Crippen LogP contribution in [0.1, 0.15) is 42.5 Å². The molecule has 28 heavy (non-hydrogen) atoms. The van der Waals surface area contributed by atoms with Gasteiger partial charge in [-0.2, -0.15) is 4.98 Å². The molecule has 2 aliphatic rings. The molecule has 1 unspecified atom stereocenters. The van der Waals surface area contributed by atoms with Gasteiger partial charge in [-0.15, -0.1) is 5.10 Å². The number of benzene rings is 1. The molecule has 1 aromatic carbocycles. The highest BCUT2D eigenvalue weighted by atomic mass is 16.5. The van der Waals surface area contributed by atoms with Gasteiger partial charge in [0.05, 0.1) is 24.6 Å². The van der Waals surface area contributed by atoms with Gasteiger partial charge in [0.2, 0.25) is 11.7 Å². The van der Waals surface area contributed by atoms with Gasteiger partial charge in [0.1, 0.15) is 11.9 Å². The topological polar surface area (TPSA) is 88.1 Å². The SMILES string of the molecule is Cn1nnc2c1CC(c1nc(-c3ccc(OC4CCOCC4)cc3)no1)CC2. The lowest BCUT2D eigenvalue weighted by atomic mass is 9.89. The van der Waals surface area contributed by atoms with Gasteiger partial charge in [-0.1, -0.05) is 10.4 Å². The Morgan fingerprint density at radius 2 is 1.93 bits per heavy atom. The number of aromatic nitrogens is 5. The van der Waals surface area contributed by atoms with E-state index < -0.39 is 0 Å². The molecule has 3 aromatic rings. The third-order valence-electron chi connectivity index (χ3n) is 5.57. The number of hydrogen-bond donors (Lipinski definition) is 0. The second-order valence-electron chi connectivity index (χ2n) is 7.46. The molecule has 0 saturated carbocycles. The average molecular weight is 381 g/mol. The van der Waals surface area contributed by atoms with E-state index in [0.29, 0.717) is 11.7 Å². The molecule has 1 aliphatic heterocycles. The Morgan fingerprint density at radius 3 is 2.75 bits per heavy atom. The Bertz CT molecular complexity index is 943. The van der Waals surface area contributed by atoms with Crippen LogP contribution in [0.2, 0.25) is 0 Å². The minimum atomic E-state index is 0.210. The molecule has 1 atom stereocenters. The summed E-state index contributed by atoms with van der Waals surface area (Å²) in [5.74, 6) is 2.37. The fraction of sp³-hybridized carbons (Fsp3) is 0.500. The van der Waals surface area contributed by atoms with E-state index in [-0.39, 0.29) is 12.0 Å². The van der Waals surface area contributed by atoms with Gasteiger partial charge >= 0.3 is 0 Å². The molecule has 1 fully saturated rings. The molecule has 5 rings (SSSR count). The van der Waals surface area contributed by atoms with Crippen LogP contribution in [0.3, 0.4) is 0 Å². The molecule has 3 heterocycles. The monoisotopic (exact) mass is 381 g/mol. The van der Waals surface area contributed by atoms with Crippen LogP contribution in [0.25, 0.3) is 11.4 Å². The Hall–Kier alpha value is -2.74. The van der Waals surface area contributed by atoms with Gasteiger partial charge in [-0.25, -0.2) is 0 Å². The van der Waals surface area contributed by atoms with Crippen LogP contribution < -0.4 is 4.74 Å². The summed E-state index contributed by atoms with van der Waals surface area (Å²) in [6.07, 6.45) is 4.78. The van der Waals surface area contributed by atoms with Gasteiger partial charge in [-0.3, -0.25) is 4.68 Å². The summed E-state index contributed by atoms with van der Waals surface area (Å²) in [4.78, 5) is 4.65. The van der Waals surface area contributed by atoms with Gasteiger partial charge in [-0.05, 0) is 37.1 Å². The third-order valence-corrected chi connectivity index (χ3v) is 5.57. The number of ether oxygens (including phenoxy) is 2. The first-order valence-corrected chi connectivity index (χ1v) is 9.82. The van der Waals surface area contributed by atoms with Gasteiger partial charge in [0, 0.05) is 37.8 Å². The third kappa shape index (κ3) is 3.40. The summed E-state index contributed by atoms with van der Waals surface area (Å²) in [5, 5.41) is 12.5. The van der Waals surface area contributed by atoms with E-state index in [1.165, 1.54) is 0 Å². The molecule has 146 valence electrons. The maximum absolute atomic E-state index is 6.02. The van der Waals surface area contributed by atoms with Crippen molar-refractivity contribution in [1.82, 2.24) is 25.1 Å². The molecule has 0 radical (unpaired) electrons. The number of fused-ring (bicyclic) bond motifs is 1. The Morgan fingerprint density at radius 1 is 1.11 bits per heavy atom. The van der Waals surface area contributed by atoms with E-state index in [9.17, 15) is 0 Å². The van der Waals surface area contributed by atoms with Crippen LogP contribution >= 0.6 is 0 Å². The second kappa shape index (κ2) is 7.35. The van der Waals surface area contributed by atoms with E-state index in [1.54, 1.807) is 0 Å². The zero-order valence-corrected chi connectivity index (χ0v) is 15.9. The van der Waals surface area contributed by atoms with Crippen molar-refractivity contribution in [2.45, 2.75) is 44.1 Å². The Balaban J connectivity index is 1.27. The quantitative estimate of drug-likeness (QED) is 0.686. The summed E-state index contributed by atoms with van der Waals surface area (Å²) < 4.78 is 18.8. The van der Waals surface area contributed by atoms with Gasteiger partial charge in [0.15, 0.2) is 0 Å². The predicted octanol–water partition coefficient (Wildman–Crippen LogP) is 2.70. The van der Waals surface area contributed by atoms with E-state index >= 15 is 0 Å². The summed E-state index contributed by atoms with van der Waals surface area (Å²) >= 11 is 0. The van der Waals surface area contributed by atoms with Crippen molar-refractivity contribution in [2.75, 3.05) is 13.2 Å². The van der Waals surface area contributed by atoms with Crippen LogP contribution in [-0.4, -0.2) is 44.5 Å². The minimum Gasteiger partial charge on any atom is -0.490 e. The van der Waals surface area contributed by atoms with Crippen molar-refractivity contribution in [2.24, 2.45) is 7.05 Å². The Kier molecular flexibility index (Phi) is 4.56. The molecule has 2 aromatic heterocycles. The van der Waals surface area contributed by atoms with Crippen molar-refractivity contribution in [3.63, 3.8) is 0 Å². The van der Waals surface area contributed by atoms with Crippen molar-refractivity contribution in [3.05, 3.63) is 41.5 Å². The van der Waals surface area contributed by atoms with Crippen molar-refractivity contribution < 1.29 is 14.0 Å². The molecule has 0 bridgehead atoms. The highest BCUT2D eigenvalue weighted by Crippen LogP contribution is 2.32. The van der Waals surface area contributed by atoms with Crippen LogP contribution in [-0.2, 0) is 24.6 Å². The first-order chi connectivity index (χ1) is 13.8. The first-order valence-electron chi connectivity index (χ1n) is 9.82. The smallest absolute Gasteiger partial charge is 0.230 e. The minimum absolute atomic E-state index is 0.210. The summed E-state index contributed by atoms with van der Waals surface area (Å²) in [7, 11) is 1.93. The maximum Gasteiger partial charge on any atom is 0.230 e. The standard InChI is InChI=1S/C20H23N5O3/c1-25-18-12-14(4-7-17(18)22-24-25)20-21-19(23-28-20)13-2-5-15(6-3-13)27-16-8-10-26-11-9-16/h2-3,5-6,14,16H,4,7-12H2,1H3. The number of hydrogen-bond acceptors (Lipinski definition) is 7. The van der Waals surface area contributed by atoms with Gasteiger partial charge < -0.3 is 14.0 Å². The molecule has 8 heteroatoms. The maximum atomic E-state index is 6.02. The van der Waals surface area contributed by atoms with E-state index in [0.717, 1.165) is 68.0 Å². The van der Waals surface area contributed by atoms with Crippen LogP contribution in [0, 0.1) is 0 Å². The molecule has 1 saturated heterocycles. The highest BCUT2D eigenvalue weighted by molar-refractivity contribution is 5.55. The summed E-state index contributed by atoms with van der Waals surface area (Å²) in [6, 6.07) is 7.89. The largest absolute Gasteiger partial charge is 0.490 e. The summed E-state index contributed by atoms with van der Waals surface area (Å²) in [6.45, 7) is 1.54. The molecule has 0 N–H and O–H groups in total. The molecular weight excluding hydrogens is 358 g/mol. The first kappa shape index (κ1) is 17.4. The van der Waals surface area contributed by atoms with Crippen molar-refractivity contribution in [1.29, 1.82) is 0 Å². The predicted molar refractivity (Wildman–Crippen MR) is 100.0 cm³/mol. The average Bonchev–Trinajstić information content (AvgIpc) is 3.37. The summed E-state index contributed by atoms with van der Waals surface area (Å²) in [5.41, 5.74) is 3.16. The highest BCUT2D eigenvalue weighted by Gasteiger charge is 2.28. The molecule has 0 amide bonds. The Labute approximate surface area is 162 Å². The van der Waals surface area contributed by atoms with Crippen LogP contribution in [0.15, 0.2) is 28.8 Å². The zero-order valence-electron chi connectivity index (χ0n) is 15.9. The van der Waals surface area contributed by atoms with Crippen LogP contribution in [0.5, 0.6) is 5.75 Å². The fourth-order valence-electron chi connectivity index (χ4n) is 3.91.